The van der Waals surface area contributed by atoms with Crippen molar-refractivity contribution in [3.63, 3.8) is 0 Å². The van der Waals surface area contributed by atoms with E-state index in [0.717, 1.165) is 31.4 Å². The van der Waals surface area contributed by atoms with Gasteiger partial charge in [0.2, 0.25) is 0 Å². The average molecular weight is 345 g/mol. The van der Waals surface area contributed by atoms with Gasteiger partial charge in [0.15, 0.2) is 6.61 Å². The second-order valence-electron chi connectivity index (χ2n) is 5.99. The maximum Gasteiger partial charge on any atom is 0.337 e. The van der Waals surface area contributed by atoms with Crippen molar-refractivity contribution >= 4 is 23.9 Å². The molecule has 1 heterocycles. The van der Waals surface area contributed by atoms with Crippen LogP contribution in [0, 0.1) is 0 Å². The highest BCUT2D eigenvalue weighted by molar-refractivity contribution is 5.91. The number of methoxy groups -OCH3 is 1. The SMILES string of the molecule is COC(=O)c1ccc(/C=C/C(=O)OCC(=O)N2CCCC[C@H]2C)cc1. The van der Waals surface area contributed by atoms with Gasteiger partial charge in [-0.05, 0) is 50.0 Å². The van der Waals surface area contributed by atoms with Crippen LogP contribution in [0.4, 0.5) is 0 Å². The Labute approximate surface area is 147 Å². The highest BCUT2D eigenvalue weighted by Gasteiger charge is 2.23. The first-order valence-electron chi connectivity index (χ1n) is 8.34. The molecule has 0 spiro atoms. The van der Waals surface area contributed by atoms with E-state index in [1.54, 1.807) is 35.2 Å². The average Bonchev–Trinajstić information content (AvgIpc) is 2.64. The molecule has 1 saturated heterocycles. The van der Waals surface area contributed by atoms with Gasteiger partial charge >= 0.3 is 11.9 Å². The first-order valence-corrected chi connectivity index (χ1v) is 8.34. The van der Waals surface area contributed by atoms with Crippen LogP contribution in [0.1, 0.15) is 42.1 Å². The lowest BCUT2D eigenvalue weighted by atomic mass is 10.0. The Hall–Kier alpha value is -2.63. The van der Waals surface area contributed by atoms with Crippen molar-refractivity contribution in [2.24, 2.45) is 0 Å². The molecule has 0 saturated carbocycles. The molecule has 0 aromatic heterocycles. The molecule has 1 aromatic rings. The summed E-state index contributed by atoms with van der Waals surface area (Å²) in [6.07, 6.45) is 5.94. The van der Waals surface area contributed by atoms with Gasteiger partial charge in [0.05, 0.1) is 12.7 Å². The predicted molar refractivity (Wildman–Crippen MR) is 92.8 cm³/mol. The second-order valence-corrected chi connectivity index (χ2v) is 5.99. The number of hydrogen-bond acceptors (Lipinski definition) is 5. The number of benzene rings is 1. The monoisotopic (exact) mass is 345 g/mol. The van der Waals surface area contributed by atoms with Crippen LogP contribution in [0.15, 0.2) is 30.3 Å². The van der Waals surface area contributed by atoms with E-state index >= 15 is 0 Å². The lowest BCUT2D eigenvalue weighted by Gasteiger charge is -2.33. The molecule has 2 rings (SSSR count). The highest BCUT2D eigenvalue weighted by Crippen LogP contribution is 2.16. The standard InChI is InChI=1S/C19H23NO5/c1-14-5-3-4-12-20(14)17(21)13-25-18(22)11-8-15-6-9-16(10-7-15)19(23)24-2/h6-11,14H,3-5,12-13H2,1-2H3/b11-8+/t14-/m1/s1. The molecule has 1 fully saturated rings. The summed E-state index contributed by atoms with van der Waals surface area (Å²) in [6.45, 7) is 2.49. The molecule has 0 bridgehead atoms. The van der Waals surface area contributed by atoms with Gasteiger partial charge in [0.25, 0.3) is 5.91 Å². The van der Waals surface area contributed by atoms with Crippen molar-refractivity contribution in [2.75, 3.05) is 20.3 Å². The van der Waals surface area contributed by atoms with Crippen LogP contribution in [-0.4, -0.2) is 49.0 Å². The summed E-state index contributed by atoms with van der Waals surface area (Å²) >= 11 is 0. The minimum absolute atomic E-state index is 0.156. The number of esters is 2. The number of nitrogens with zero attached hydrogens (tertiary/aromatic N) is 1. The first-order chi connectivity index (χ1) is 12.0. The predicted octanol–water partition coefficient (Wildman–Crippen LogP) is 2.43. The zero-order valence-electron chi connectivity index (χ0n) is 14.6. The summed E-state index contributed by atoms with van der Waals surface area (Å²) < 4.78 is 9.63. The molecule has 0 unspecified atom stereocenters. The molecule has 1 amide bonds. The molecule has 0 N–H and O–H groups in total. The number of hydrogen-bond donors (Lipinski definition) is 0. The molecule has 134 valence electrons. The highest BCUT2D eigenvalue weighted by atomic mass is 16.5. The molecular formula is C19H23NO5. The second kappa shape index (κ2) is 9.01. The van der Waals surface area contributed by atoms with Gasteiger partial charge in [-0.2, -0.15) is 0 Å². The van der Waals surface area contributed by atoms with Crippen LogP contribution in [-0.2, 0) is 19.1 Å². The van der Waals surface area contributed by atoms with E-state index in [0.29, 0.717) is 5.56 Å². The molecule has 0 aliphatic carbocycles. The van der Waals surface area contributed by atoms with Crippen LogP contribution in [0.5, 0.6) is 0 Å². The number of carbonyl (C=O) groups excluding carboxylic acids is 3. The third-order valence-electron chi connectivity index (χ3n) is 4.20. The molecule has 0 radical (unpaired) electrons. The molecule has 1 aliphatic rings. The Balaban J connectivity index is 1.82. The molecule has 1 aromatic carbocycles. The van der Waals surface area contributed by atoms with E-state index in [1.807, 2.05) is 6.92 Å². The van der Waals surface area contributed by atoms with Crippen molar-refractivity contribution < 1.29 is 23.9 Å². The molecule has 6 heteroatoms. The fourth-order valence-electron chi connectivity index (χ4n) is 2.74. The number of piperidine rings is 1. The summed E-state index contributed by atoms with van der Waals surface area (Å²) in [5.74, 6) is -1.15. The van der Waals surface area contributed by atoms with Crippen molar-refractivity contribution in [3.05, 3.63) is 41.5 Å². The Morgan fingerprint density at radius 1 is 1.20 bits per heavy atom. The van der Waals surface area contributed by atoms with E-state index < -0.39 is 11.9 Å². The zero-order valence-corrected chi connectivity index (χ0v) is 14.6. The normalized spacial score (nSPS) is 17.4. The summed E-state index contributed by atoms with van der Waals surface area (Å²) in [4.78, 5) is 37.0. The van der Waals surface area contributed by atoms with E-state index in [4.69, 9.17) is 4.74 Å². The maximum atomic E-state index is 12.1. The summed E-state index contributed by atoms with van der Waals surface area (Å²) in [6, 6.07) is 6.80. The van der Waals surface area contributed by atoms with Crippen LogP contribution in [0.3, 0.4) is 0 Å². The smallest absolute Gasteiger partial charge is 0.337 e. The fraction of sp³-hybridized carbons (Fsp3) is 0.421. The van der Waals surface area contributed by atoms with Crippen LogP contribution < -0.4 is 0 Å². The summed E-state index contributed by atoms with van der Waals surface area (Å²) in [5, 5.41) is 0. The van der Waals surface area contributed by atoms with Gasteiger partial charge in [0, 0.05) is 18.7 Å². The van der Waals surface area contributed by atoms with Crippen LogP contribution in [0.25, 0.3) is 6.08 Å². The lowest BCUT2D eigenvalue weighted by Crippen LogP contribution is -2.44. The van der Waals surface area contributed by atoms with E-state index in [2.05, 4.69) is 4.74 Å². The molecule has 25 heavy (non-hydrogen) atoms. The van der Waals surface area contributed by atoms with Gasteiger partial charge in [0.1, 0.15) is 0 Å². The maximum absolute atomic E-state index is 12.1. The Bertz CT molecular complexity index is 650. The third kappa shape index (κ3) is 5.45. The van der Waals surface area contributed by atoms with Crippen molar-refractivity contribution in [3.8, 4) is 0 Å². The Morgan fingerprint density at radius 3 is 2.56 bits per heavy atom. The van der Waals surface area contributed by atoms with E-state index in [1.165, 1.54) is 13.2 Å². The van der Waals surface area contributed by atoms with Gasteiger partial charge in [-0.1, -0.05) is 12.1 Å². The number of carbonyl (C=O) groups is 3. The van der Waals surface area contributed by atoms with Gasteiger partial charge in [-0.15, -0.1) is 0 Å². The minimum atomic E-state index is -0.574. The lowest BCUT2D eigenvalue weighted by molar-refractivity contribution is -0.149. The quantitative estimate of drug-likeness (QED) is 0.605. The number of rotatable bonds is 5. The minimum Gasteiger partial charge on any atom is -0.465 e. The molecule has 6 nitrogen and oxygen atoms in total. The van der Waals surface area contributed by atoms with E-state index in [9.17, 15) is 14.4 Å². The van der Waals surface area contributed by atoms with Crippen LogP contribution >= 0.6 is 0 Å². The number of ether oxygens (including phenoxy) is 2. The summed E-state index contributed by atoms with van der Waals surface area (Å²) in [5.41, 5.74) is 1.17. The molecule has 1 aliphatic heterocycles. The molecule has 1 atom stereocenters. The van der Waals surface area contributed by atoms with Gasteiger partial charge in [-0.25, -0.2) is 9.59 Å². The molecular weight excluding hydrogens is 322 g/mol. The summed E-state index contributed by atoms with van der Waals surface area (Å²) in [7, 11) is 1.32. The first kappa shape index (κ1) is 18.7. The van der Waals surface area contributed by atoms with Crippen molar-refractivity contribution in [1.29, 1.82) is 0 Å². The van der Waals surface area contributed by atoms with Crippen LogP contribution in [0.2, 0.25) is 0 Å². The third-order valence-corrected chi connectivity index (χ3v) is 4.20. The number of amides is 1. The Morgan fingerprint density at radius 2 is 1.92 bits per heavy atom. The van der Waals surface area contributed by atoms with Crippen molar-refractivity contribution in [1.82, 2.24) is 4.90 Å². The topological polar surface area (TPSA) is 72.9 Å². The van der Waals surface area contributed by atoms with Gasteiger partial charge in [-0.3, -0.25) is 4.79 Å². The van der Waals surface area contributed by atoms with E-state index in [-0.39, 0.29) is 18.6 Å². The van der Waals surface area contributed by atoms with Gasteiger partial charge < -0.3 is 14.4 Å². The number of likely N-dealkylation sites (tertiary alicyclic amines) is 1. The largest absolute Gasteiger partial charge is 0.465 e. The fourth-order valence-corrected chi connectivity index (χ4v) is 2.74. The van der Waals surface area contributed by atoms with Crippen molar-refractivity contribution in [2.45, 2.75) is 32.2 Å². The Kier molecular flexibility index (Phi) is 6.74. The zero-order chi connectivity index (χ0) is 18.2.